The van der Waals surface area contributed by atoms with E-state index in [1.807, 2.05) is 12.3 Å². The molecule has 1 aromatic carbocycles. The van der Waals surface area contributed by atoms with E-state index < -0.39 is 0 Å². The van der Waals surface area contributed by atoms with E-state index in [0.29, 0.717) is 0 Å². The van der Waals surface area contributed by atoms with Crippen LogP contribution < -0.4 is 5.32 Å². The van der Waals surface area contributed by atoms with Crippen LogP contribution in [0, 0.1) is 6.92 Å². The maximum Gasteiger partial charge on any atom is 0.132 e. The second-order valence-electron chi connectivity index (χ2n) is 4.41. The van der Waals surface area contributed by atoms with Crippen LogP contribution in [0.3, 0.4) is 0 Å². The lowest BCUT2D eigenvalue weighted by Gasteiger charge is -2.05. The Labute approximate surface area is 108 Å². The van der Waals surface area contributed by atoms with Crippen molar-refractivity contribution in [2.45, 2.75) is 26.8 Å². The summed E-state index contributed by atoms with van der Waals surface area (Å²) in [6.07, 6.45) is 2.63. The van der Waals surface area contributed by atoms with E-state index in [9.17, 15) is 0 Å². The van der Waals surface area contributed by atoms with Crippen molar-refractivity contribution in [3.05, 3.63) is 59.2 Å². The molecule has 1 heterocycles. The molecule has 3 nitrogen and oxygen atoms in total. The van der Waals surface area contributed by atoms with Gasteiger partial charge in [0.1, 0.15) is 5.82 Å². The van der Waals surface area contributed by atoms with Gasteiger partial charge in [0.2, 0.25) is 0 Å². The Morgan fingerprint density at radius 2 is 2.11 bits per heavy atom. The molecule has 0 fully saturated rings. The van der Waals surface area contributed by atoms with Crippen molar-refractivity contribution in [3.63, 3.8) is 0 Å². The smallest absolute Gasteiger partial charge is 0.132 e. The molecule has 1 aromatic heterocycles. The Morgan fingerprint density at radius 1 is 1.22 bits per heavy atom. The maximum atomic E-state index is 4.56. The first-order valence-corrected chi connectivity index (χ1v) is 6.35. The standard InChI is InChI=1S/C15H19N3/c1-3-16-11-14-7-8-17-15(18-14)10-13-6-4-5-12(2)9-13/h4-9,16H,3,10-11H2,1-2H3. The molecule has 18 heavy (non-hydrogen) atoms. The van der Waals surface area contributed by atoms with Crippen molar-refractivity contribution in [3.8, 4) is 0 Å². The van der Waals surface area contributed by atoms with E-state index >= 15 is 0 Å². The summed E-state index contributed by atoms with van der Waals surface area (Å²) in [7, 11) is 0. The third kappa shape index (κ3) is 3.64. The van der Waals surface area contributed by atoms with E-state index in [1.165, 1.54) is 11.1 Å². The highest BCUT2D eigenvalue weighted by atomic mass is 14.9. The predicted molar refractivity (Wildman–Crippen MR) is 73.4 cm³/mol. The Bertz CT molecular complexity index is 509. The monoisotopic (exact) mass is 241 g/mol. The molecule has 1 N–H and O–H groups in total. The van der Waals surface area contributed by atoms with Crippen LogP contribution in [0.15, 0.2) is 36.5 Å². The number of nitrogens with zero attached hydrogens (tertiary/aromatic N) is 2. The van der Waals surface area contributed by atoms with Crippen LogP contribution in [0.4, 0.5) is 0 Å². The Kier molecular flexibility index (Phi) is 4.42. The number of aryl methyl sites for hydroxylation is 1. The largest absolute Gasteiger partial charge is 0.311 e. The first kappa shape index (κ1) is 12.7. The zero-order valence-corrected chi connectivity index (χ0v) is 11.0. The van der Waals surface area contributed by atoms with E-state index in [-0.39, 0.29) is 0 Å². The molecular formula is C15H19N3. The molecule has 0 spiro atoms. The van der Waals surface area contributed by atoms with Gasteiger partial charge in [-0.05, 0) is 25.1 Å². The van der Waals surface area contributed by atoms with Gasteiger partial charge in [-0.2, -0.15) is 0 Å². The molecular weight excluding hydrogens is 222 g/mol. The molecule has 2 rings (SSSR count). The van der Waals surface area contributed by atoms with Crippen LogP contribution in [0.5, 0.6) is 0 Å². The van der Waals surface area contributed by atoms with Gasteiger partial charge in [-0.3, -0.25) is 0 Å². The second kappa shape index (κ2) is 6.26. The van der Waals surface area contributed by atoms with Crippen molar-refractivity contribution >= 4 is 0 Å². The average Bonchev–Trinajstić information content (AvgIpc) is 2.37. The van der Waals surface area contributed by atoms with Crippen LogP contribution in [-0.4, -0.2) is 16.5 Å². The maximum absolute atomic E-state index is 4.56. The molecule has 0 aliphatic heterocycles. The minimum absolute atomic E-state index is 0.793. The highest BCUT2D eigenvalue weighted by molar-refractivity contribution is 5.24. The van der Waals surface area contributed by atoms with Gasteiger partial charge >= 0.3 is 0 Å². The van der Waals surface area contributed by atoms with Gasteiger partial charge in [-0.15, -0.1) is 0 Å². The lowest BCUT2D eigenvalue weighted by atomic mass is 10.1. The lowest BCUT2D eigenvalue weighted by molar-refractivity contribution is 0.702. The van der Waals surface area contributed by atoms with Gasteiger partial charge in [0, 0.05) is 19.2 Å². The first-order chi connectivity index (χ1) is 8.78. The number of hydrogen-bond acceptors (Lipinski definition) is 3. The van der Waals surface area contributed by atoms with E-state index in [1.54, 1.807) is 0 Å². The summed E-state index contributed by atoms with van der Waals surface area (Å²) < 4.78 is 0. The van der Waals surface area contributed by atoms with Crippen molar-refractivity contribution in [1.29, 1.82) is 0 Å². The van der Waals surface area contributed by atoms with Gasteiger partial charge in [0.15, 0.2) is 0 Å². The van der Waals surface area contributed by atoms with E-state index in [2.05, 4.69) is 53.4 Å². The Balaban J connectivity index is 2.09. The van der Waals surface area contributed by atoms with Crippen LogP contribution in [-0.2, 0) is 13.0 Å². The molecule has 0 atom stereocenters. The molecule has 3 heteroatoms. The average molecular weight is 241 g/mol. The third-order valence-corrected chi connectivity index (χ3v) is 2.76. The summed E-state index contributed by atoms with van der Waals surface area (Å²) in [5.41, 5.74) is 3.58. The molecule has 0 aliphatic rings. The molecule has 0 bridgehead atoms. The molecule has 0 radical (unpaired) electrons. The van der Waals surface area contributed by atoms with Crippen LogP contribution in [0.1, 0.15) is 29.6 Å². The van der Waals surface area contributed by atoms with Gasteiger partial charge < -0.3 is 5.32 Å². The highest BCUT2D eigenvalue weighted by Gasteiger charge is 2.01. The first-order valence-electron chi connectivity index (χ1n) is 6.35. The molecule has 94 valence electrons. The van der Waals surface area contributed by atoms with Crippen LogP contribution in [0.2, 0.25) is 0 Å². The number of rotatable bonds is 5. The molecule has 0 unspecified atom stereocenters. The van der Waals surface area contributed by atoms with Gasteiger partial charge in [-0.1, -0.05) is 36.8 Å². The molecule has 0 aliphatic carbocycles. The quantitative estimate of drug-likeness (QED) is 0.874. The van der Waals surface area contributed by atoms with Crippen molar-refractivity contribution < 1.29 is 0 Å². The SMILES string of the molecule is CCNCc1ccnc(Cc2cccc(C)c2)n1. The minimum Gasteiger partial charge on any atom is -0.311 e. The number of nitrogens with one attached hydrogen (secondary N) is 1. The number of aromatic nitrogens is 2. The van der Waals surface area contributed by atoms with Crippen molar-refractivity contribution in [2.75, 3.05) is 6.54 Å². The minimum atomic E-state index is 0.793. The summed E-state index contributed by atoms with van der Waals surface area (Å²) in [6, 6.07) is 10.4. The summed E-state index contributed by atoms with van der Waals surface area (Å²) in [6.45, 7) is 5.96. The summed E-state index contributed by atoms with van der Waals surface area (Å²) in [4.78, 5) is 8.90. The summed E-state index contributed by atoms with van der Waals surface area (Å²) in [5.74, 6) is 0.885. The molecule has 0 saturated carbocycles. The summed E-state index contributed by atoms with van der Waals surface area (Å²) >= 11 is 0. The fraction of sp³-hybridized carbons (Fsp3) is 0.333. The Morgan fingerprint density at radius 3 is 2.89 bits per heavy atom. The number of benzene rings is 1. The fourth-order valence-corrected chi connectivity index (χ4v) is 1.88. The van der Waals surface area contributed by atoms with Crippen LogP contribution in [0.25, 0.3) is 0 Å². The van der Waals surface area contributed by atoms with Crippen molar-refractivity contribution in [1.82, 2.24) is 15.3 Å². The molecule has 0 amide bonds. The highest BCUT2D eigenvalue weighted by Crippen LogP contribution is 2.08. The zero-order valence-electron chi connectivity index (χ0n) is 11.0. The lowest BCUT2D eigenvalue weighted by Crippen LogP contribution is -2.13. The van der Waals surface area contributed by atoms with Crippen molar-refractivity contribution in [2.24, 2.45) is 0 Å². The second-order valence-corrected chi connectivity index (χ2v) is 4.41. The third-order valence-electron chi connectivity index (χ3n) is 2.76. The molecule has 0 saturated heterocycles. The van der Waals surface area contributed by atoms with E-state index in [0.717, 1.165) is 31.0 Å². The van der Waals surface area contributed by atoms with Gasteiger partial charge in [0.05, 0.1) is 5.69 Å². The van der Waals surface area contributed by atoms with Gasteiger partial charge in [-0.25, -0.2) is 9.97 Å². The number of hydrogen-bond donors (Lipinski definition) is 1. The zero-order chi connectivity index (χ0) is 12.8. The molecule has 2 aromatic rings. The summed E-state index contributed by atoms with van der Waals surface area (Å²) in [5, 5.41) is 3.27. The topological polar surface area (TPSA) is 37.8 Å². The van der Waals surface area contributed by atoms with Crippen LogP contribution >= 0.6 is 0 Å². The van der Waals surface area contributed by atoms with E-state index in [4.69, 9.17) is 0 Å². The normalized spacial score (nSPS) is 10.6. The Hall–Kier alpha value is -1.74. The van der Waals surface area contributed by atoms with Gasteiger partial charge in [0.25, 0.3) is 0 Å². The predicted octanol–water partition coefficient (Wildman–Crippen LogP) is 2.49. The fourth-order valence-electron chi connectivity index (χ4n) is 1.88.